The molecule has 2 aromatic rings. The molecule has 0 aliphatic rings. The number of para-hydroxylation sites is 1. The number of hydrogen-bond donors (Lipinski definition) is 0. The van der Waals surface area contributed by atoms with Crippen molar-refractivity contribution in [2.24, 2.45) is 0 Å². The summed E-state index contributed by atoms with van der Waals surface area (Å²) in [7, 11) is 1.63. The number of halogens is 1. The number of methoxy groups -OCH3 is 1. The zero-order valence-electron chi connectivity index (χ0n) is 9.99. The lowest BCUT2D eigenvalue weighted by Gasteiger charge is -2.09. The summed E-state index contributed by atoms with van der Waals surface area (Å²) < 4.78 is 5.29. The van der Waals surface area contributed by atoms with Crippen molar-refractivity contribution >= 4 is 11.6 Å². The Kier molecular flexibility index (Phi) is 3.29. The van der Waals surface area contributed by atoms with Crippen LogP contribution in [0.4, 0.5) is 0 Å². The van der Waals surface area contributed by atoms with Gasteiger partial charge in [0.1, 0.15) is 10.9 Å². The van der Waals surface area contributed by atoms with Gasteiger partial charge in [0.15, 0.2) is 5.82 Å². The number of benzene rings is 1. The smallest absolute Gasteiger partial charge is 0.164 e. The Hall–Kier alpha value is -1.61. The van der Waals surface area contributed by atoms with E-state index in [1.807, 2.05) is 38.1 Å². The molecular weight excluding hydrogens is 236 g/mol. The molecule has 4 heteroatoms. The molecule has 17 heavy (non-hydrogen) atoms. The third kappa shape index (κ3) is 2.24. The van der Waals surface area contributed by atoms with E-state index in [1.165, 1.54) is 0 Å². The number of aryl methyl sites for hydroxylation is 1. The van der Waals surface area contributed by atoms with Gasteiger partial charge in [-0.3, -0.25) is 0 Å². The predicted octanol–water partition coefficient (Wildman–Crippen LogP) is 3.42. The lowest BCUT2D eigenvalue weighted by Crippen LogP contribution is -1.98. The molecule has 0 unspecified atom stereocenters. The lowest BCUT2D eigenvalue weighted by atomic mass is 10.1. The van der Waals surface area contributed by atoms with Gasteiger partial charge in [-0.25, -0.2) is 9.97 Å². The molecule has 0 N–H and O–H groups in total. The maximum Gasteiger partial charge on any atom is 0.164 e. The van der Waals surface area contributed by atoms with Crippen LogP contribution in [0.5, 0.6) is 5.75 Å². The van der Waals surface area contributed by atoms with Gasteiger partial charge in [-0.2, -0.15) is 0 Å². The molecule has 1 heterocycles. The average molecular weight is 249 g/mol. The van der Waals surface area contributed by atoms with E-state index in [1.54, 1.807) is 7.11 Å². The fraction of sp³-hybridized carbons (Fsp3) is 0.231. The fourth-order valence-electron chi connectivity index (χ4n) is 1.54. The number of nitrogens with zero attached hydrogens (tertiary/aromatic N) is 2. The highest BCUT2D eigenvalue weighted by Gasteiger charge is 2.11. The molecule has 2 rings (SSSR count). The van der Waals surface area contributed by atoms with Crippen LogP contribution in [-0.2, 0) is 0 Å². The highest BCUT2D eigenvalue weighted by Crippen LogP contribution is 2.28. The molecule has 0 amide bonds. The monoisotopic (exact) mass is 248 g/mol. The summed E-state index contributed by atoms with van der Waals surface area (Å²) in [6.07, 6.45) is 0. The summed E-state index contributed by atoms with van der Waals surface area (Å²) in [6, 6.07) is 7.62. The van der Waals surface area contributed by atoms with Gasteiger partial charge in [0, 0.05) is 11.3 Å². The van der Waals surface area contributed by atoms with Gasteiger partial charge in [0.25, 0.3) is 0 Å². The second-order valence-electron chi connectivity index (χ2n) is 3.75. The van der Waals surface area contributed by atoms with Crippen molar-refractivity contribution in [3.63, 3.8) is 0 Å². The minimum absolute atomic E-state index is 0.485. The summed E-state index contributed by atoms with van der Waals surface area (Å²) in [5, 5.41) is 0.485. The molecule has 0 aliphatic carbocycles. The van der Waals surface area contributed by atoms with Crippen molar-refractivity contribution in [1.29, 1.82) is 0 Å². The molecule has 0 fully saturated rings. The van der Waals surface area contributed by atoms with Crippen molar-refractivity contribution in [1.82, 2.24) is 9.97 Å². The van der Waals surface area contributed by atoms with Gasteiger partial charge in [0.2, 0.25) is 0 Å². The quantitative estimate of drug-likeness (QED) is 0.764. The third-order valence-corrected chi connectivity index (χ3v) is 3.05. The predicted molar refractivity (Wildman–Crippen MR) is 68.5 cm³/mol. The van der Waals surface area contributed by atoms with Crippen LogP contribution in [0.2, 0.25) is 5.15 Å². The first-order chi connectivity index (χ1) is 8.13. The van der Waals surface area contributed by atoms with Crippen molar-refractivity contribution in [2.45, 2.75) is 13.8 Å². The Bertz CT molecular complexity index is 532. The third-order valence-electron chi connectivity index (χ3n) is 2.68. The maximum absolute atomic E-state index is 6.07. The van der Waals surface area contributed by atoms with E-state index >= 15 is 0 Å². The van der Waals surface area contributed by atoms with Crippen LogP contribution in [0.3, 0.4) is 0 Å². The van der Waals surface area contributed by atoms with Crippen molar-refractivity contribution in [3.05, 3.63) is 40.7 Å². The molecule has 0 saturated heterocycles. The van der Waals surface area contributed by atoms with E-state index in [0.29, 0.717) is 11.0 Å². The standard InChI is InChI=1S/C13H13ClN2O/c1-8-9(2)15-13(16-12(8)14)10-6-4-5-7-11(10)17-3/h4-7H,1-3H3. The first-order valence-corrected chi connectivity index (χ1v) is 5.65. The van der Waals surface area contributed by atoms with Crippen LogP contribution in [0.1, 0.15) is 11.3 Å². The molecule has 0 aliphatic heterocycles. The number of rotatable bonds is 2. The van der Waals surface area contributed by atoms with Crippen molar-refractivity contribution in [2.75, 3.05) is 7.11 Å². The molecular formula is C13H13ClN2O. The van der Waals surface area contributed by atoms with Gasteiger partial charge in [-0.15, -0.1) is 0 Å². The van der Waals surface area contributed by atoms with Crippen LogP contribution in [0.15, 0.2) is 24.3 Å². The molecule has 0 radical (unpaired) electrons. The van der Waals surface area contributed by atoms with Gasteiger partial charge in [-0.1, -0.05) is 23.7 Å². The molecule has 88 valence electrons. The first-order valence-electron chi connectivity index (χ1n) is 5.27. The largest absolute Gasteiger partial charge is 0.496 e. The summed E-state index contributed by atoms with van der Waals surface area (Å²) >= 11 is 6.07. The Balaban J connectivity index is 2.61. The van der Waals surface area contributed by atoms with E-state index in [-0.39, 0.29) is 0 Å². The maximum atomic E-state index is 6.07. The normalized spacial score (nSPS) is 10.4. The van der Waals surface area contributed by atoms with Gasteiger partial charge < -0.3 is 4.74 Å². The van der Waals surface area contributed by atoms with Crippen LogP contribution in [0.25, 0.3) is 11.4 Å². The first kappa shape index (κ1) is 11.9. The van der Waals surface area contributed by atoms with E-state index in [9.17, 15) is 0 Å². The highest BCUT2D eigenvalue weighted by atomic mass is 35.5. The molecule has 1 aromatic carbocycles. The Morgan fingerprint density at radius 3 is 2.47 bits per heavy atom. The fourth-order valence-corrected chi connectivity index (χ4v) is 1.76. The van der Waals surface area contributed by atoms with Gasteiger partial charge in [0.05, 0.1) is 12.7 Å². The highest BCUT2D eigenvalue weighted by molar-refractivity contribution is 6.30. The minimum atomic E-state index is 0.485. The van der Waals surface area contributed by atoms with Crippen molar-refractivity contribution < 1.29 is 4.74 Å². The average Bonchev–Trinajstić information content (AvgIpc) is 2.35. The van der Waals surface area contributed by atoms with Crippen LogP contribution in [-0.4, -0.2) is 17.1 Å². The summed E-state index contributed by atoms with van der Waals surface area (Å²) in [5.41, 5.74) is 2.64. The second kappa shape index (κ2) is 4.72. The van der Waals surface area contributed by atoms with E-state index in [4.69, 9.17) is 16.3 Å². The number of ether oxygens (including phenoxy) is 1. The molecule has 0 bridgehead atoms. The number of aromatic nitrogens is 2. The zero-order valence-corrected chi connectivity index (χ0v) is 10.7. The lowest BCUT2D eigenvalue weighted by molar-refractivity contribution is 0.416. The molecule has 1 aromatic heterocycles. The molecule has 0 spiro atoms. The Morgan fingerprint density at radius 2 is 1.82 bits per heavy atom. The van der Waals surface area contributed by atoms with Gasteiger partial charge in [-0.05, 0) is 26.0 Å². The minimum Gasteiger partial charge on any atom is -0.496 e. The van der Waals surface area contributed by atoms with Crippen LogP contribution >= 0.6 is 11.6 Å². The van der Waals surface area contributed by atoms with Crippen LogP contribution in [0, 0.1) is 13.8 Å². The Labute approximate surface area is 105 Å². The molecule has 0 atom stereocenters. The topological polar surface area (TPSA) is 35.0 Å². The zero-order chi connectivity index (χ0) is 12.4. The molecule has 3 nitrogen and oxygen atoms in total. The van der Waals surface area contributed by atoms with E-state index in [0.717, 1.165) is 22.6 Å². The second-order valence-corrected chi connectivity index (χ2v) is 4.11. The Morgan fingerprint density at radius 1 is 1.12 bits per heavy atom. The van der Waals surface area contributed by atoms with E-state index in [2.05, 4.69) is 9.97 Å². The van der Waals surface area contributed by atoms with Crippen molar-refractivity contribution in [3.8, 4) is 17.1 Å². The molecule has 0 saturated carbocycles. The van der Waals surface area contributed by atoms with Crippen LogP contribution < -0.4 is 4.74 Å². The van der Waals surface area contributed by atoms with E-state index < -0.39 is 0 Å². The summed E-state index contributed by atoms with van der Waals surface area (Å²) in [4.78, 5) is 8.72. The summed E-state index contributed by atoms with van der Waals surface area (Å²) in [5.74, 6) is 1.34. The van der Waals surface area contributed by atoms with Gasteiger partial charge >= 0.3 is 0 Å². The number of hydrogen-bond acceptors (Lipinski definition) is 3. The SMILES string of the molecule is COc1ccccc1-c1nc(C)c(C)c(Cl)n1. The summed E-state index contributed by atoms with van der Waals surface area (Å²) in [6.45, 7) is 3.82.